The Hall–Kier alpha value is -2.54. The second-order valence-corrected chi connectivity index (χ2v) is 9.04. The monoisotopic (exact) mass is 429 g/mol. The van der Waals surface area contributed by atoms with Crippen LogP contribution in [0, 0.1) is 11.3 Å². The first-order valence-corrected chi connectivity index (χ1v) is 11.1. The van der Waals surface area contributed by atoms with E-state index in [-0.39, 0.29) is 23.9 Å². The van der Waals surface area contributed by atoms with E-state index in [1.54, 1.807) is 6.92 Å². The summed E-state index contributed by atoms with van der Waals surface area (Å²) in [5, 5.41) is 13.5. The third-order valence-electron chi connectivity index (χ3n) is 4.45. The average Bonchev–Trinajstić information content (AvgIpc) is 3.43. The molecular formula is C19H15N3O3S3. The number of nitrogens with zero attached hydrogens (tertiary/aromatic N) is 2. The maximum Gasteiger partial charge on any atom is 0.337 e. The summed E-state index contributed by atoms with van der Waals surface area (Å²) in [6.07, 6.45) is 0. The minimum Gasteiger partial charge on any atom is -0.463 e. The van der Waals surface area contributed by atoms with E-state index in [9.17, 15) is 14.9 Å². The van der Waals surface area contributed by atoms with Crippen LogP contribution in [0.3, 0.4) is 0 Å². The smallest absolute Gasteiger partial charge is 0.337 e. The lowest BCUT2D eigenvalue weighted by Gasteiger charge is -2.30. The molecule has 6 nitrogen and oxygen atoms in total. The molecule has 2 aliphatic heterocycles. The number of nitriles is 1. The molecular weight excluding hydrogens is 414 g/mol. The van der Waals surface area contributed by atoms with Gasteiger partial charge in [-0.3, -0.25) is 9.69 Å². The molecule has 142 valence electrons. The van der Waals surface area contributed by atoms with Gasteiger partial charge in [-0.15, -0.1) is 22.7 Å². The first-order chi connectivity index (χ1) is 13.6. The number of hydrogen-bond donors (Lipinski definition) is 1. The molecule has 2 aromatic rings. The zero-order valence-corrected chi connectivity index (χ0v) is 17.2. The van der Waals surface area contributed by atoms with Crippen LogP contribution in [0.2, 0.25) is 0 Å². The first kappa shape index (κ1) is 18.8. The van der Waals surface area contributed by atoms with E-state index >= 15 is 0 Å². The summed E-state index contributed by atoms with van der Waals surface area (Å²) in [6.45, 7) is 1.92. The second-order valence-electron chi connectivity index (χ2n) is 5.99. The first-order valence-electron chi connectivity index (χ1n) is 8.46. The van der Waals surface area contributed by atoms with Gasteiger partial charge in [-0.05, 0) is 29.8 Å². The van der Waals surface area contributed by atoms with Crippen molar-refractivity contribution in [1.29, 1.82) is 5.26 Å². The molecule has 2 unspecified atom stereocenters. The number of esters is 1. The normalized spacial score (nSPS) is 21.7. The quantitative estimate of drug-likeness (QED) is 0.745. The Bertz CT molecular complexity index is 1030. The number of hydrogen-bond acceptors (Lipinski definition) is 8. The van der Waals surface area contributed by atoms with Gasteiger partial charge in [-0.2, -0.15) is 5.26 Å². The fraction of sp³-hybridized carbons (Fsp3) is 0.211. The van der Waals surface area contributed by atoms with E-state index in [2.05, 4.69) is 6.07 Å². The molecule has 2 aromatic heterocycles. The minimum atomic E-state index is -0.641. The number of amides is 1. The van der Waals surface area contributed by atoms with Gasteiger partial charge in [-0.1, -0.05) is 23.9 Å². The number of carbonyl (C=O) groups excluding carboxylic acids is 2. The SMILES string of the molecule is CCOC(=O)C1=C2SC(c3cccs3)C(=O)N2C(N)=C(C#N)C1c1cccs1. The fourth-order valence-corrected chi connectivity index (χ4v) is 6.37. The highest BCUT2D eigenvalue weighted by atomic mass is 32.2. The number of fused-ring (bicyclic) bond motifs is 1. The summed E-state index contributed by atoms with van der Waals surface area (Å²) in [7, 11) is 0. The van der Waals surface area contributed by atoms with Gasteiger partial charge in [0.05, 0.1) is 34.8 Å². The van der Waals surface area contributed by atoms with Crippen molar-refractivity contribution in [3.63, 3.8) is 0 Å². The molecule has 0 aromatic carbocycles. The third-order valence-corrected chi connectivity index (χ3v) is 7.79. The van der Waals surface area contributed by atoms with Crippen LogP contribution in [-0.2, 0) is 14.3 Å². The third kappa shape index (κ3) is 2.85. The highest BCUT2D eigenvalue weighted by molar-refractivity contribution is 8.04. The van der Waals surface area contributed by atoms with Crippen molar-refractivity contribution in [3.05, 3.63) is 66.8 Å². The Kier molecular flexibility index (Phi) is 5.02. The van der Waals surface area contributed by atoms with Crippen LogP contribution in [0.5, 0.6) is 0 Å². The van der Waals surface area contributed by atoms with E-state index in [1.165, 1.54) is 39.3 Å². The zero-order chi connectivity index (χ0) is 19.8. The van der Waals surface area contributed by atoms with Crippen LogP contribution in [0.25, 0.3) is 0 Å². The lowest BCUT2D eigenvalue weighted by atomic mass is 9.87. The molecule has 0 spiro atoms. The Morgan fingerprint density at radius 1 is 1.29 bits per heavy atom. The predicted octanol–water partition coefficient (Wildman–Crippen LogP) is 3.69. The van der Waals surface area contributed by atoms with Gasteiger partial charge in [0.2, 0.25) is 0 Å². The second kappa shape index (κ2) is 7.47. The van der Waals surface area contributed by atoms with Crippen molar-refractivity contribution in [3.8, 4) is 6.07 Å². The summed E-state index contributed by atoms with van der Waals surface area (Å²) < 4.78 is 5.29. The number of thiophene rings is 2. The van der Waals surface area contributed by atoms with Crippen LogP contribution in [0.4, 0.5) is 0 Å². The molecule has 2 atom stereocenters. The Morgan fingerprint density at radius 3 is 2.54 bits per heavy atom. The lowest BCUT2D eigenvalue weighted by Crippen LogP contribution is -2.37. The number of carbonyl (C=O) groups is 2. The van der Waals surface area contributed by atoms with Gasteiger partial charge in [-0.25, -0.2) is 4.79 Å². The van der Waals surface area contributed by atoms with Crippen molar-refractivity contribution >= 4 is 46.3 Å². The Balaban J connectivity index is 1.93. The molecule has 1 amide bonds. The van der Waals surface area contributed by atoms with Crippen molar-refractivity contribution in [1.82, 2.24) is 4.90 Å². The van der Waals surface area contributed by atoms with Crippen molar-refractivity contribution in [2.75, 3.05) is 6.61 Å². The van der Waals surface area contributed by atoms with E-state index < -0.39 is 17.1 Å². The van der Waals surface area contributed by atoms with E-state index in [0.717, 1.165) is 9.75 Å². The molecule has 2 N–H and O–H groups in total. The minimum absolute atomic E-state index is 0.0838. The Morgan fingerprint density at radius 2 is 1.96 bits per heavy atom. The lowest BCUT2D eigenvalue weighted by molar-refractivity contribution is -0.138. The Labute approximate surface area is 173 Å². The number of thioether (sulfide) groups is 1. The molecule has 0 saturated carbocycles. The van der Waals surface area contributed by atoms with E-state index in [1.807, 2.05) is 35.0 Å². The predicted molar refractivity (Wildman–Crippen MR) is 109 cm³/mol. The molecule has 28 heavy (non-hydrogen) atoms. The average molecular weight is 430 g/mol. The number of ether oxygens (including phenoxy) is 1. The van der Waals surface area contributed by atoms with Gasteiger partial charge < -0.3 is 10.5 Å². The summed E-state index contributed by atoms with van der Waals surface area (Å²) in [5.74, 6) is -1.34. The molecule has 2 aliphatic rings. The van der Waals surface area contributed by atoms with Crippen molar-refractivity contribution < 1.29 is 14.3 Å². The highest BCUT2D eigenvalue weighted by Crippen LogP contribution is 2.54. The molecule has 1 fully saturated rings. The van der Waals surface area contributed by atoms with Gasteiger partial charge >= 0.3 is 5.97 Å². The molecule has 4 heterocycles. The number of rotatable bonds is 4. The van der Waals surface area contributed by atoms with Crippen LogP contribution in [0.1, 0.15) is 27.8 Å². The molecule has 0 bridgehead atoms. The van der Waals surface area contributed by atoms with Crippen molar-refractivity contribution in [2.45, 2.75) is 18.1 Å². The molecule has 0 radical (unpaired) electrons. The highest BCUT2D eigenvalue weighted by Gasteiger charge is 2.49. The van der Waals surface area contributed by atoms with E-state index in [4.69, 9.17) is 10.5 Å². The number of allylic oxidation sites excluding steroid dienone is 1. The maximum atomic E-state index is 13.1. The fourth-order valence-electron chi connectivity index (χ4n) is 3.28. The molecule has 9 heteroatoms. The van der Waals surface area contributed by atoms with Crippen LogP contribution in [-0.4, -0.2) is 23.4 Å². The summed E-state index contributed by atoms with van der Waals surface area (Å²) in [6, 6.07) is 9.58. The zero-order valence-electron chi connectivity index (χ0n) is 14.7. The van der Waals surface area contributed by atoms with Crippen LogP contribution in [0.15, 0.2) is 57.0 Å². The van der Waals surface area contributed by atoms with Gasteiger partial charge in [0.15, 0.2) is 0 Å². The molecule has 1 saturated heterocycles. The van der Waals surface area contributed by atoms with E-state index in [0.29, 0.717) is 10.6 Å². The van der Waals surface area contributed by atoms with Crippen LogP contribution >= 0.6 is 34.4 Å². The van der Waals surface area contributed by atoms with Gasteiger partial charge in [0.1, 0.15) is 11.1 Å². The number of nitrogens with two attached hydrogens (primary N) is 1. The molecule has 4 rings (SSSR count). The summed E-state index contributed by atoms with van der Waals surface area (Å²) in [4.78, 5) is 29.0. The van der Waals surface area contributed by atoms with Gasteiger partial charge in [0.25, 0.3) is 5.91 Å². The standard InChI is InChI=1S/C19H15N3O3S3/c1-2-25-19(24)14-13(11-5-3-7-26-11)10(9-20)16(21)22-17(23)15(28-18(14)22)12-6-4-8-27-12/h3-8,13,15H,2,21H2,1H3. The van der Waals surface area contributed by atoms with Crippen molar-refractivity contribution in [2.24, 2.45) is 5.73 Å². The summed E-state index contributed by atoms with van der Waals surface area (Å²) in [5.41, 5.74) is 6.77. The summed E-state index contributed by atoms with van der Waals surface area (Å²) >= 11 is 4.19. The maximum absolute atomic E-state index is 13.1. The largest absolute Gasteiger partial charge is 0.463 e. The van der Waals surface area contributed by atoms with Gasteiger partial charge in [0, 0.05) is 9.75 Å². The topological polar surface area (TPSA) is 96.4 Å². The van der Waals surface area contributed by atoms with Crippen LogP contribution < -0.4 is 5.73 Å². The molecule has 0 aliphatic carbocycles.